The molecule has 0 radical (unpaired) electrons. The van der Waals surface area contributed by atoms with Crippen LogP contribution in [0.3, 0.4) is 0 Å². The summed E-state index contributed by atoms with van der Waals surface area (Å²) in [7, 11) is -4.10. The van der Waals surface area contributed by atoms with Crippen LogP contribution in [0.4, 0.5) is 10.5 Å². The van der Waals surface area contributed by atoms with Crippen LogP contribution < -0.4 is 11.1 Å². The maximum absolute atomic E-state index is 13.9. The zero-order valence-corrected chi connectivity index (χ0v) is 24.8. The summed E-state index contributed by atoms with van der Waals surface area (Å²) in [5, 5.41) is 23.4. The van der Waals surface area contributed by atoms with Gasteiger partial charge in [0.15, 0.2) is 6.29 Å². The van der Waals surface area contributed by atoms with Crippen molar-refractivity contribution in [3.05, 3.63) is 60.2 Å². The largest absolute Gasteiger partial charge is 0.443 e. The van der Waals surface area contributed by atoms with Gasteiger partial charge in [0.1, 0.15) is 6.10 Å². The minimum absolute atomic E-state index is 0.00710. The number of nitrogen functional groups attached to an aromatic ring is 1. The van der Waals surface area contributed by atoms with Gasteiger partial charge in [0.25, 0.3) is 0 Å². The molecule has 2 saturated heterocycles. The first-order valence-electron chi connectivity index (χ1n) is 14.1. The van der Waals surface area contributed by atoms with Crippen LogP contribution in [-0.2, 0) is 30.7 Å². The lowest BCUT2D eigenvalue weighted by Gasteiger charge is -2.35. The maximum Gasteiger partial charge on any atom is 0.407 e. The second kappa shape index (κ2) is 13.8. The normalized spacial score (nSPS) is 21.8. The van der Waals surface area contributed by atoms with Gasteiger partial charge in [-0.1, -0.05) is 50.2 Å². The molecule has 4 N–H and O–H groups in total. The van der Waals surface area contributed by atoms with E-state index in [-0.39, 0.29) is 55.3 Å². The van der Waals surface area contributed by atoms with Gasteiger partial charge in [-0.25, -0.2) is 13.2 Å². The minimum atomic E-state index is -4.10. The van der Waals surface area contributed by atoms with E-state index < -0.39 is 39.8 Å². The van der Waals surface area contributed by atoms with Gasteiger partial charge in [-0.15, -0.1) is 0 Å². The Morgan fingerprint density at radius 3 is 2.71 bits per heavy atom. The van der Waals surface area contributed by atoms with Crippen molar-refractivity contribution in [3.8, 4) is 6.07 Å². The van der Waals surface area contributed by atoms with E-state index in [0.29, 0.717) is 13.0 Å². The van der Waals surface area contributed by atoms with Crippen molar-refractivity contribution in [1.82, 2.24) is 9.62 Å². The van der Waals surface area contributed by atoms with E-state index in [0.717, 1.165) is 12.0 Å². The molecule has 4 rings (SSSR count). The fourth-order valence-corrected chi connectivity index (χ4v) is 7.08. The van der Waals surface area contributed by atoms with E-state index in [9.17, 15) is 18.3 Å². The van der Waals surface area contributed by atoms with Crippen LogP contribution in [0.1, 0.15) is 38.7 Å². The molecule has 5 atom stereocenters. The van der Waals surface area contributed by atoms with Gasteiger partial charge in [0.2, 0.25) is 10.0 Å². The van der Waals surface area contributed by atoms with Gasteiger partial charge >= 0.3 is 6.09 Å². The van der Waals surface area contributed by atoms with Crippen molar-refractivity contribution < 1.29 is 32.5 Å². The standard InChI is InChI=1S/C30H40N4O7S/c1-30(2,13-7-14-31)20-34(42(37,38)23-11-6-10-22(32)17-23)18-26(35)25(16-21-8-4-3-5-9-21)33-29(36)41-27-19-40-28-24(27)12-15-39-28/h3-6,8-11,17,24-28,35H,7,12-13,15-16,18-20,32H2,1-2H3,(H,33,36)/t24-,25-,26-,27-,28+/m0/s1. The van der Waals surface area contributed by atoms with E-state index in [1.165, 1.54) is 16.4 Å². The van der Waals surface area contributed by atoms with Crippen LogP contribution in [0.25, 0.3) is 0 Å². The van der Waals surface area contributed by atoms with Gasteiger partial charge in [0, 0.05) is 25.2 Å². The van der Waals surface area contributed by atoms with Gasteiger partial charge in [-0.3, -0.25) is 0 Å². The molecule has 2 aliphatic heterocycles. The highest BCUT2D eigenvalue weighted by Crippen LogP contribution is 2.33. The Morgan fingerprint density at radius 1 is 1.24 bits per heavy atom. The van der Waals surface area contributed by atoms with Crippen molar-refractivity contribution in [2.45, 2.75) is 69.0 Å². The van der Waals surface area contributed by atoms with E-state index in [4.69, 9.17) is 25.2 Å². The van der Waals surface area contributed by atoms with E-state index in [1.54, 1.807) is 12.1 Å². The molecule has 2 fully saturated rings. The van der Waals surface area contributed by atoms with Gasteiger partial charge in [-0.05, 0) is 48.4 Å². The van der Waals surface area contributed by atoms with E-state index in [2.05, 4.69) is 11.4 Å². The SMILES string of the molecule is CC(C)(CCC#N)CN(C[C@H](O)[C@H](Cc1ccccc1)NC(=O)O[C@H]1CO[C@H]2OCC[C@H]21)S(=O)(=O)c1cccc(N)c1. The number of hydrogen-bond donors (Lipinski definition) is 3. The third-order valence-corrected chi connectivity index (χ3v) is 9.52. The number of rotatable bonds is 13. The average molecular weight is 601 g/mol. The van der Waals surface area contributed by atoms with Crippen molar-refractivity contribution in [2.24, 2.45) is 11.3 Å². The highest BCUT2D eigenvalue weighted by atomic mass is 32.2. The lowest BCUT2D eigenvalue weighted by molar-refractivity contribution is -0.0907. The van der Waals surface area contributed by atoms with Crippen molar-refractivity contribution in [3.63, 3.8) is 0 Å². The van der Waals surface area contributed by atoms with E-state index >= 15 is 0 Å². The third-order valence-electron chi connectivity index (χ3n) is 7.71. The number of anilines is 1. The molecule has 12 heteroatoms. The summed E-state index contributed by atoms with van der Waals surface area (Å²) >= 11 is 0. The van der Waals surface area contributed by atoms with Crippen LogP contribution in [0, 0.1) is 22.7 Å². The van der Waals surface area contributed by atoms with Crippen molar-refractivity contribution >= 4 is 21.8 Å². The fourth-order valence-electron chi connectivity index (χ4n) is 5.38. The molecule has 2 aliphatic rings. The Hall–Kier alpha value is -3.21. The molecule has 1 amide bonds. The Morgan fingerprint density at radius 2 is 2.00 bits per heavy atom. The van der Waals surface area contributed by atoms with Crippen molar-refractivity contribution in [1.29, 1.82) is 5.26 Å². The Balaban J connectivity index is 1.56. The fraction of sp³-hybridized carbons (Fsp3) is 0.533. The summed E-state index contributed by atoms with van der Waals surface area (Å²) in [5.41, 5.74) is 6.45. The summed E-state index contributed by atoms with van der Waals surface area (Å²) in [4.78, 5) is 13.1. The average Bonchev–Trinajstić information content (AvgIpc) is 3.57. The Bertz CT molecular complexity index is 1350. The number of alkyl carbamates (subject to hydrolysis) is 1. The number of hydrogen-bond acceptors (Lipinski definition) is 9. The van der Waals surface area contributed by atoms with Crippen molar-refractivity contribution in [2.75, 3.05) is 32.0 Å². The number of fused-ring (bicyclic) bond motifs is 1. The Kier molecular flexibility index (Phi) is 10.5. The van der Waals surface area contributed by atoms with Gasteiger partial charge in [-0.2, -0.15) is 9.57 Å². The molecule has 11 nitrogen and oxygen atoms in total. The van der Waals surface area contributed by atoms with Gasteiger partial charge in [0.05, 0.1) is 42.2 Å². The topological polar surface area (TPSA) is 164 Å². The second-order valence-corrected chi connectivity index (χ2v) is 13.6. The van der Waals surface area contributed by atoms with Gasteiger partial charge < -0.3 is 30.4 Å². The molecule has 0 bridgehead atoms. The second-order valence-electron chi connectivity index (χ2n) is 11.7. The summed E-state index contributed by atoms with van der Waals surface area (Å²) in [6, 6.07) is 16.5. The number of aliphatic hydroxyl groups is 1. The summed E-state index contributed by atoms with van der Waals surface area (Å²) < 4.78 is 45.7. The number of nitrogens with two attached hydrogens (primary N) is 1. The Labute approximate surface area is 247 Å². The monoisotopic (exact) mass is 600 g/mol. The summed E-state index contributed by atoms with van der Waals surface area (Å²) in [5.74, 6) is -0.0529. The van der Waals surface area contributed by atoms with Crippen LogP contribution in [-0.4, -0.2) is 74.8 Å². The minimum Gasteiger partial charge on any atom is -0.443 e. The molecule has 2 aromatic carbocycles. The highest BCUT2D eigenvalue weighted by molar-refractivity contribution is 7.89. The summed E-state index contributed by atoms with van der Waals surface area (Å²) in [6.45, 7) is 4.23. The molecule has 0 unspecified atom stereocenters. The molecule has 0 spiro atoms. The number of nitriles is 1. The lowest BCUT2D eigenvalue weighted by Crippen LogP contribution is -2.52. The lowest BCUT2D eigenvalue weighted by atomic mass is 9.88. The molecule has 0 aliphatic carbocycles. The number of carbonyl (C=O) groups excluding carboxylic acids is 1. The number of benzene rings is 2. The molecular formula is C30H40N4O7S. The number of nitrogens with one attached hydrogen (secondary N) is 1. The molecule has 228 valence electrons. The molecule has 2 aromatic rings. The van der Waals surface area contributed by atoms with Crippen LogP contribution >= 0.6 is 0 Å². The number of amides is 1. The van der Waals surface area contributed by atoms with Crippen LogP contribution in [0.15, 0.2) is 59.5 Å². The molecule has 0 saturated carbocycles. The molecular weight excluding hydrogens is 560 g/mol. The number of ether oxygens (including phenoxy) is 3. The predicted octanol–water partition coefficient (Wildman–Crippen LogP) is 3.05. The summed E-state index contributed by atoms with van der Waals surface area (Å²) in [6.07, 6.45) is -1.23. The smallest absolute Gasteiger partial charge is 0.407 e. The predicted molar refractivity (Wildman–Crippen MR) is 155 cm³/mol. The van der Waals surface area contributed by atoms with Crippen LogP contribution in [0.2, 0.25) is 0 Å². The first-order chi connectivity index (χ1) is 20.0. The van der Waals surface area contributed by atoms with E-state index in [1.807, 2.05) is 44.2 Å². The zero-order chi connectivity index (χ0) is 30.3. The number of carbonyl (C=O) groups is 1. The quantitative estimate of drug-likeness (QED) is 0.293. The zero-order valence-electron chi connectivity index (χ0n) is 24.0. The first-order valence-corrected chi connectivity index (χ1v) is 15.6. The number of nitrogens with zero attached hydrogens (tertiary/aromatic N) is 2. The number of aliphatic hydroxyl groups excluding tert-OH is 1. The maximum atomic E-state index is 13.9. The molecule has 42 heavy (non-hydrogen) atoms. The molecule has 0 aromatic heterocycles. The highest BCUT2D eigenvalue weighted by Gasteiger charge is 2.44. The molecule has 2 heterocycles. The first kappa shape index (κ1) is 31.7. The van der Waals surface area contributed by atoms with Crippen LogP contribution in [0.5, 0.6) is 0 Å². The number of sulfonamides is 1. The third kappa shape index (κ3) is 8.20.